The normalized spacial score (nSPS) is 15.0. The molecule has 2 N–H and O–H groups in total. The van der Waals surface area contributed by atoms with Crippen molar-refractivity contribution in [2.24, 2.45) is 5.92 Å². The fraction of sp³-hybridized carbons (Fsp3) is 0.348. The first-order valence-corrected chi connectivity index (χ1v) is 9.92. The Morgan fingerprint density at radius 3 is 2.42 bits per heavy atom. The molecule has 0 aromatic heterocycles. The first kappa shape index (κ1) is 22.3. The third kappa shape index (κ3) is 5.21. The Morgan fingerprint density at radius 1 is 1.06 bits per heavy atom. The maximum atomic E-state index is 12.7. The highest BCUT2D eigenvalue weighted by Gasteiger charge is 2.29. The molecule has 0 spiro atoms. The first-order chi connectivity index (χ1) is 14.9. The molecule has 2 aromatic rings. The molecule has 0 bridgehead atoms. The van der Waals surface area contributed by atoms with Gasteiger partial charge in [0.1, 0.15) is 11.3 Å². The van der Waals surface area contributed by atoms with Crippen LogP contribution in [0.15, 0.2) is 42.5 Å². The summed E-state index contributed by atoms with van der Waals surface area (Å²) in [6, 6.07) is 10.8. The molecule has 0 radical (unpaired) electrons. The van der Waals surface area contributed by atoms with Crippen molar-refractivity contribution in [3.05, 3.63) is 53.6 Å². The van der Waals surface area contributed by atoms with Crippen LogP contribution in [0.4, 0.5) is 0 Å². The van der Waals surface area contributed by atoms with Crippen LogP contribution in [0, 0.1) is 5.92 Å². The van der Waals surface area contributed by atoms with Gasteiger partial charge < -0.3 is 24.6 Å². The van der Waals surface area contributed by atoms with Crippen LogP contribution in [0.3, 0.4) is 0 Å². The molecular formula is C23H25NO7. The summed E-state index contributed by atoms with van der Waals surface area (Å²) in [6.07, 6.45) is 1.20. The van der Waals surface area contributed by atoms with Crippen molar-refractivity contribution in [1.29, 1.82) is 0 Å². The van der Waals surface area contributed by atoms with Crippen LogP contribution in [0.5, 0.6) is 5.75 Å². The van der Waals surface area contributed by atoms with E-state index in [0.29, 0.717) is 42.7 Å². The molecule has 0 saturated carbocycles. The van der Waals surface area contributed by atoms with E-state index in [0.717, 1.165) is 0 Å². The Morgan fingerprint density at radius 2 is 1.77 bits per heavy atom. The summed E-state index contributed by atoms with van der Waals surface area (Å²) in [5.41, 5.74) is 1.90. The molecule has 1 fully saturated rings. The molecular weight excluding hydrogens is 402 g/mol. The number of benzene rings is 2. The lowest BCUT2D eigenvalue weighted by Crippen LogP contribution is -2.40. The Labute approximate surface area is 180 Å². The molecule has 1 atom stereocenters. The zero-order chi connectivity index (χ0) is 22.4. The van der Waals surface area contributed by atoms with Gasteiger partial charge in [-0.05, 0) is 47.7 Å². The molecule has 164 valence electrons. The molecule has 31 heavy (non-hydrogen) atoms. The van der Waals surface area contributed by atoms with Gasteiger partial charge in [0.15, 0.2) is 6.04 Å². The zero-order valence-electron chi connectivity index (χ0n) is 17.4. The fourth-order valence-corrected chi connectivity index (χ4v) is 3.57. The Kier molecular flexibility index (Phi) is 7.25. The van der Waals surface area contributed by atoms with Crippen LogP contribution in [0.25, 0.3) is 11.1 Å². The molecule has 1 unspecified atom stereocenters. The molecule has 3 rings (SSSR count). The number of amides is 1. The van der Waals surface area contributed by atoms with Crippen molar-refractivity contribution in [2.75, 3.05) is 27.4 Å². The van der Waals surface area contributed by atoms with E-state index in [9.17, 15) is 19.5 Å². The van der Waals surface area contributed by atoms with E-state index in [1.165, 1.54) is 20.3 Å². The second kappa shape index (κ2) is 10.1. The molecule has 1 heterocycles. The van der Waals surface area contributed by atoms with Crippen molar-refractivity contribution in [2.45, 2.75) is 18.9 Å². The quantitative estimate of drug-likeness (QED) is 0.654. The lowest BCUT2D eigenvalue weighted by molar-refractivity contribution is -0.146. The summed E-state index contributed by atoms with van der Waals surface area (Å²) in [7, 11) is 2.67. The number of carbonyl (C=O) groups is 3. The van der Waals surface area contributed by atoms with Gasteiger partial charge in [-0.1, -0.05) is 24.3 Å². The van der Waals surface area contributed by atoms with Crippen LogP contribution < -0.4 is 10.1 Å². The number of hydrogen-bond acceptors (Lipinski definition) is 6. The standard InChI is InChI=1S/C23H25NO7/c1-29-19-7-6-16(13-18(19)22(26)27)15-4-3-5-17(12-15)20(23(28)30-2)24-21(25)14-8-10-31-11-9-14/h3-7,12-14,20H,8-11H2,1-2H3,(H,24,25)(H,26,27). The number of hydrogen-bond donors (Lipinski definition) is 2. The first-order valence-electron chi connectivity index (χ1n) is 9.92. The summed E-state index contributed by atoms with van der Waals surface area (Å²) >= 11 is 0. The van der Waals surface area contributed by atoms with Gasteiger partial charge in [-0.3, -0.25) is 4.79 Å². The number of rotatable bonds is 7. The number of esters is 1. The maximum Gasteiger partial charge on any atom is 0.339 e. The molecule has 2 aromatic carbocycles. The second-order valence-corrected chi connectivity index (χ2v) is 7.20. The Bertz CT molecular complexity index is 966. The van der Waals surface area contributed by atoms with E-state index < -0.39 is 18.0 Å². The minimum absolute atomic E-state index is 0.0303. The van der Waals surface area contributed by atoms with E-state index >= 15 is 0 Å². The molecule has 1 saturated heterocycles. The van der Waals surface area contributed by atoms with E-state index in [4.69, 9.17) is 14.2 Å². The highest BCUT2D eigenvalue weighted by atomic mass is 16.5. The lowest BCUT2D eigenvalue weighted by atomic mass is 9.96. The van der Waals surface area contributed by atoms with E-state index in [1.54, 1.807) is 36.4 Å². The van der Waals surface area contributed by atoms with Crippen molar-refractivity contribution in [3.63, 3.8) is 0 Å². The summed E-state index contributed by atoms with van der Waals surface area (Å²) in [6.45, 7) is 1.03. The van der Waals surface area contributed by atoms with E-state index in [-0.39, 0.29) is 23.1 Å². The highest BCUT2D eigenvalue weighted by molar-refractivity contribution is 5.93. The Balaban J connectivity index is 1.91. The van der Waals surface area contributed by atoms with Gasteiger partial charge in [0, 0.05) is 19.1 Å². The Hall–Kier alpha value is -3.39. The summed E-state index contributed by atoms with van der Waals surface area (Å²) in [5.74, 6) is -1.88. The van der Waals surface area contributed by atoms with Gasteiger partial charge in [-0.15, -0.1) is 0 Å². The predicted molar refractivity (Wildman–Crippen MR) is 112 cm³/mol. The third-order valence-corrected chi connectivity index (χ3v) is 5.30. The number of nitrogens with one attached hydrogen (secondary N) is 1. The summed E-state index contributed by atoms with van der Waals surface area (Å²) < 4.78 is 15.3. The largest absolute Gasteiger partial charge is 0.496 e. The number of aromatic carboxylic acids is 1. The number of methoxy groups -OCH3 is 2. The monoisotopic (exact) mass is 427 g/mol. The molecule has 0 aliphatic carbocycles. The average molecular weight is 427 g/mol. The van der Waals surface area contributed by atoms with Crippen molar-refractivity contribution < 1.29 is 33.7 Å². The van der Waals surface area contributed by atoms with E-state index in [1.807, 2.05) is 0 Å². The van der Waals surface area contributed by atoms with Crippen molar-refractivity contribution in [1.82, 2.24) is 5.32 Å². The van der Waals surface area contributed by atoms with Gasteiger partial charge in [0.05, 0.1) is 14.2 Å². The number of ether oxygens (including phenoxy) is 3. The topological polar surface area (TPSA) is 111 Å². The smallest absolute Gasteiger partial charge is 0.339 e. The fourth-order valence-electron chi connectivity index (χ4n) is 3.57. The molecule has 1 amide bonds. The van der Waals surface area contributed by atoms with Crippen LogP contribution in [-0.2, 0) is 19.1 Å². The maximum absolute atomic E-state index is 12.7. The second-order valence-electron chi connectivity index (χ2n) is 7.20. The van der Waals surface area contributed by atoms with E-state index in [2.05, 4.69) is 5.32 Å². The zero-order valence-corrected chi connectivity index (χ0v) is 17.4. The lowest BCUT2D eigenvalue weighted by Gasteiger charge is -2.24. The van der Waals surface area contributed by atoms with Crippen molar-refractivity contribution in [3.8, 4) is 16.9 Å². The van der Waals surface area contributed by atoms with Crippen molar-refractivity contribution >= 4 is 17.8 Å². The van der Waals surface area contributed by atoms with Gasteiger partial charge >= 0.3 is 11.9 Å². The SMILES string of the molecule is COC(=O)C(NC(=O)C1CCOCC1)c1cccc(-c2ccc(OC)c(C(=O)O)c2)c1. The van der Waals surface area contributed by atoms with Gasteiger partial charge in [0.2, 0.25) is 5.91 Å². The van der Waals surface area contributed by atoms with Gasteiger partial charge in [-0.25, -0.2) is 9.59 Å². The van der Waals surface area contributed by atoms with Crippen LogP contribution in [0.2, 0.25) is 0 Å². The minimum Gasteiger partial charge on any atom is -0.496 e. The van der Waals surface area contributed by atoms with Crippen LogP contribution >= 0.6 is 0 Å². The highest BCUT2D eigenvalue weighted by Crippen LogP contribution is 2.29. The minimum atomic E-state index is -1.11. The molecule has 8 nitrogen and oxygen atoms in total. The number of carboxylic acid groups (broad SMARTS) is 1. The number of carboxylic acids is 1. The summed E-state index contributed by atoms with van der Waals surface area (Å²) in [5, 5.41) is 12.2. The predicted octanol–water partition coefficient (Wildman–Crippen LogP) is 2.82. The van der Waals surface area contributed by atoms with Gasteiger partial charge in [-0.2, -0.15) is 0 Å². The third-order valence-electron chi connectivity index (χ3n) is 5.30. The molecule has 1 aliphatic heterocycles. The summed E-state index contributed by atoms with van der Waals surface area (Å²) in [4.78, 5) is 36.7. The van der Waals surface area contributed by atoms with Gasteiger partial charge in [0.25, 0.3) is 0 Å². The number of carbonyl (C=O) groups excluding carboxylic acids is 2. The van der Waals surface area contributed by atoms with Crippen LogP contribution in [0.1, 0.15) is 34.8 Å². The average Bonchev–Trinajstić information content (AvgIpc) is 2.82. The molecule has 1 aliphatic rings. The van der Waals surface area contributed by atoms with Crippen LogP contribution in [-0.4, -0.2) is 50.4 Å². The molecule has 8 heteroatoms.